The van der Waals surface area contributed by atoms with Gasteiger partial charge in [-0.25, -0.2) is 9.59 Å². The summed E-state index contributed by atoms with van der Waals surface area (Å²) >= 11 is 0. The number of hydrogen-bond acceptors (Lipinski definition) is 6. The first-order valence-electron chi connectivity index (χ1n) is 8.35. The van der Waals surface area contributed by atoms with Crippen molar-refractivity contribution < 1.29 is 29.0 Å². The van der Waals surface area contributed by atoms with E-state index in [4.69, 9.17) is 4.74 Å². The molecule has 1 aliphatic rings. The number of nitrogens with one attached hydrogen (secondary N) is 2. The smallest absolute Gasteiger partial charge is 0.338 e. The molecule has 9 nitrogen and oxygen atoms in total. The van der Waals surface area contributed by atoms with Gasteiger partial charge in [-0.1, -0.05) is 12.1 Å². The number of phenolic OH excluding ortho intramolecular Hbond substituents is 1. The van der Waals surface area contributed by atoms with Gasteiger partial charge in [0.05, 0.1) is 18.7 Å². The van der Waals surface area contributed by atoms with Crippen molar-refractivity contribution in [3.8, 4) is 5.75 Å². The lowest BCUT2D eigenvalue weighted by molar-refractivity contribution is -0.125. The molecule has 0 unspecified atom stereocenters. The third kappa shape index (κ3) is 4.64. The molecule has 2 aromatic rings. The fraction of sp³-hybridized carbons (Fsp3) is 0.158. The summed E-state index contributed by atoms with van der Waals surface area (Å²) in [6, 6.07) is 11.6. The molecule has 9 heteroatoms. The van der Waals surface area contributed by atoms with Gasteiger partial charge in [0.25, 0.3) is 5.91 Å². The number of anilines is 1. The highest BCUT2D eigenvalue weighted by Crippen LogP contribution is 2.14. The van der Waals surface area contributed by atoms with Crippen LogP contribution in [0, 0.1) is 0 Å². The molecule has 0 aromatic heterocycles. The number of phenols is 1. The minimum atomic E-state index is -0.708. The molecule has 0 saturated carbocycles. The number of aromatic hydroxyl groups is 1. The Hall–Kier alpha value is -3.88. The molecule has 3 N–H and O–H groups in total. The summed E-state index contributed by atoms with van der Waals surface area (Å²) in [6.07, 6.45) is 0. The zero-order valence-corrected chi connectivity index (χ0v) is 14.7. The number of urea groups is 1. The largest absolute Gasteiger partial charge is 0.508 e. The van der Waals surface area contributed by atoms with Gasteiger partial charge < -0.3 is 20.5 Å². The first-order chi connectivity index (χ1) is 13.4. The second-order valence-electron chi connectivity index (χ2n) is 6.01. The maximum absolute atomic E-state index is 12.2. The SMILES string of the molecule is O=C(COC(=O)c1cccc(CN2C(=O)CNC2=O)c1)Nc1ccc(O)cc1. The third-order valence-corrected chi connectivity index (χ3v) is 3.93. The van der Waals surface area contributed by atoms with Gasteiger partial charge in [0, 0.05) is 5.69 Å². The summed E-state index contributed by atoms with van der Waals surface area (Å²) in [6.45, 7) is -0.499. The Morgan fingerprint density at radius 3 is 2.57 bits per heavy atom. The van der Waals surface area contributed by atoms with Gasteiger partial charge in [-0.2, -0.15) is 0 Å². The Kier molecular flexibility index (Phi) is 5.54. The maximum atomic E-state index is 12.2. The highest BCUT2D eigenvalue weighted by Gasteiger charge is 2.28. The van der Waals surface area contributed by atoms with Crippen LogP contribution in [0.4, 0.5) is 10.5 Å². The van der Waals surface area contributed by atoms with Crippen molar-refractivity contribution in [1.29, 1.82) is 0 Å². The second kappa shape index (κ2) is 8.21. The van der Waals surface area contributed by atoms with E-state index in [0.717, 1.165) is 4.90 Å². The molecule has 0 radical (unpaired) electrons. The molecule has 3 rings (SSSR count). The van der Waals surface area contributed by atoms with Crippen molar-refractivity contribution in [2.24, 2.45) is 0 Å². The number of imide groups is 1. The lowest BCUT2D eigenvalue weighted by Crippen LogP contribution is -2.30. The zero-order valence-electron chi connectivity index (χ0n) is 14.7. The molecule has 0 bridgehead atoms. The van der Waals surface area contributed by atoms with Crippen LogP contribution >= 0.6 is 0 Å². The summed E-state index contributed by atoms with van der Waals surface area (Å²) in [4.78, 5) is 48.3. The topological polar surface area (TPSA) is 125 Å². The third-order valence-electron chi connectivity index (χ3n) is 3.93. The highest BCUT2D eigenvalue weighted by atomic mass is 16.5. The Morgan fingerprint density at radius 2 is 1.89 bits per heavy atom. The summed E-state index contributed by atoms with van der Waals surface area (Å²) < 4.78 is 4.99. The summed E-state index contributed by atoms with van der Waals surface area (Å²) in [7, 11) is 0. The van der Waals surface area contributed by atoms with E-state index >= 15 is 0 Å². The van der Waals surface area contributed by atoms with Crippen LogP contribution in [0.3, 0.4) is 0 Å². The molecule has 0 spiro atoms. The number of benzene rings is 2. The van der Waals surface area contributed by atoms with Gasteiger partial charge in [0.15, 0.2) is 6.61 Å². The quantitative estimate of drug-likeness (QED) is 0.392. The number of hydrogen-bond donors (Lipinski definition) is 3. The summed E-state index contributed by atoms with van der Waals surface area (Å²) in [5, 5.41) is 14.2. The standard InChI is InChI=1S/C19H17N3O6/c23-15-6-4-14(5-7-15)21-16(24)11-28-18(26)13-3-1-2-12(8-13)10-22-17(25)9-20-19(22)27/h1-8,23H,9-11H2,(H,20,27)(H,21,24). The molecule has 0 aliphatic carbocycles. The number of carbonyl (C=O) groups excluding carboxylic acids is 4. The number of carbonyl (C=O) groups is 4. The molecule has 4 amide bonds. The van der Waals surface area contributed by atoms with E-state index in [1.807, 2.05) is 0 Å². The summed E-state index contributed by atoms with van der Waals surface area (Å²) in [5.74, 6) is -1.52. The van der Waals surface area contributed by atoms with Gasteiger partial charge >= 0.3 is 12.0 Å². The number of esters is 1. The van der Waals surface area contributed by atoms with E-state index in [9.17, 15) is 24.3 Å². The average molecular weight is 383 g/mol. The molecule has 0 atom stereocenters. The monoisotopic (exact) mass is 383 g/mol. The lowest BCUT2D eigenvalue weighted by atomic mass is 10.1. The van der Waals surface area contributed by atoms with Gasteiger partial charge in [-0.05, 0) is 42.0 Å². The molecule has 2 aromatic carbocycles. The van der Waals surface area contributed by atoms with Gasteiger partial charge in [0.2, 0.25) is 5.91 Å². The minimum Gasteiger partial charge on any atom is -0.508 e. The highest BCUT2D eigenvalue weighted by molar-refractivity contribution is 6.02. The van der Waals surface area contributed by atoms with Crippen molar-refractivity contribution in [1.82, 2.24) is 10.2 Å². The number of ether oxygens (including phenoxy) is 1. The van der Waals surface area contributed by atoms with E-state index in [-0.39, 0.29) is 30.3 Å². The van der Waals surface area contributed by atoms with Crippen molar-refractivity contribution in [3.05, 3.63) is 59.7 Å². The van der Waals surface area contributed by atoms with Crippen LogP contribution in [0.1, 0.15) is 15.9 Å². The Bertz CT molecular complexity index is 910. The van der Waals surface area contributed by atoms with E-state index in [2.05, 4.69) is 10.6 Å². The Morgan fingerprint density at radius 1 is 1.14 bits per heavy atom. The Balaban J connectivity index is 1.55. The molecule has 1 fully saturated rings. The molecule has 1 heterocycles. The molecular weight excluding hydrogens is 366 g/mol. The second-order valence-corrected chi connectivity index (χ2v) is 6.01. The average Bonchev–Trinajstić information content (AvgIpc) is 3.00. The number of amides is 4. The van der Waals surface area contributed by atoms with Crippen LogP contribution in [0.5, 0.6) is 5.75 Å². The van der Waals surface area contributed by atoms with E-state index in [1.165, 1.54) is 36.4 Å². The molecule has 28 heavy (non-hydrogen) atoms. The van der Waals surface area contributed by atoms with E-state index in [1.54, 1.807) is 12.1 Å². The minimum absolute atomic E-state index is 0.0348. The Labute approximate surface area is 159 Å². The molecule has 1 aliphatic heterocycles. The molecule has 144 valence electrons. The molecule has 1 saturated heterocycles. The first kappa shape index (κ1) is 18.9. The van der Waals surface area contributed by atoms with E-state index in [0.29, 0.717) is 11.3 Å². The molecular formula is C19H17N3O6. The fourth-order valence-corrected chi connectivity index (χ4v) is 2.55. The van der Waals surface area contributed by atoms with Crippen LogP contribution in [-0.4, -0.2) is 47.0 Å². The van der Waals surface area contributed by atoms with Gasteiger partial charge in [-0.3, -0.25) is 14.5 Å². The van der Waals surface area contributed by atoms with Crippen LogP contribution in [0.25, 0.3) is 0 Å². The van der Waals surface area contributed by atoms with Crippen LogP contribution in [0.15, 0.2) is 48.5 Å². The number of rotatable bonds is 6. The van der Waals surface area contributed by atoms with Crippen molar-refractivity contribution in [2.75, 3.05) is 18.5 Å². The first-order valence-corrected chi connectivity index (χ1v) is 8.35. The van der Waals surface area contributed by atoms with Crippen molar-refractivity contribution in [2.45, 2.75) is 6.54 Å². The van der Waals surface area contributed by atoms with Crippen LogP contribution in [-0.2, 0) is 20.9 Å². The van der Waals surface area contributed by atoms with Gasteiger partial charge in [0.1, 0.15) is 5.75 Å². The van der Waals surface area contributed by atoms with Crippen LogP contribution < -0.4 is 10.6 Å². The maximum Gasteiger partial charge on any atom is 0.338 e. The van der Waals surface area contributed by atoms with E-state index < -0.39 is 24.5 Å². The van der Waals surface area contributed by atoms with Crippen molar-refractivity contribution in [3.63, 3.8) is 0 Å². The van der Waals surface area contributed by atoms with Crippen molar-refractivity contribution >= 4 is 29.5 Å². The van der Waals surface area contributed by atoms with Gasteiger partial charge in [-0.15, -0.1) is 0 Å². The number of nitrogens with zero attached hydrogens (tertiary/aromatic N) is 1. The van der Waals surface area contributed by atoms with Crippen LogP contribution in [0.2, 0.25) is 0 Å². The fourth-order valence-electron chi connectivity index (χ4n) is 2.55. The predicted molar refractivity (Wildman–Crippen MR) is 97.4 cm³/mol. The zero-order chi connectivity index (χ0) is 20.1. The normalized spacial score (nSPS) is 13.2. The summed E-state index contributed by atoms with van der Waals surface area (Å²) in [5.41, 5.74) is 1.23. The lowest BCUT2D eigenvalue weighted by Gasteiger charge is -2.13. The predicted octanol–water partition coefficient (Wildman–Crippen LogP) is 1.24.